The van der Waals surface area contributed by atoms with Crippen molar-refractivity contribution in [2.24, 2.45) is 5.73 Å². The molecule has 5 nitrogen and oxygen atoms in total. The molecule has 0 saturated carbocycles. The van der Waals surface area contributed by atoms with Gasteiger partial charge in [-0.3, -0.25) is 4.79 Å². The number of unbranched alkanes of at least 4 members (excludes halogenated alkanes) is 2. The van der Waals surface area contributed by atoms with Gasteiger partial charge in [-0.1, -0.05) is 0 Å². The first kappa shape index (κ1) is 14.9. The Labute approximate surface area is 96.3 Å². The minimum Gasteiger partial charge on any atom is -0.480 e. The highest BCUT2D eigenvalue weighted by atomic mass is 16.6. The lowest BCUT2D eigenvalue weighted by molar-refractivity contribution is -0.138. The highest BCUT2D eigenvalue weighted by Crippen LogP contribution is 1.98. The van der Waals surface area contributed by atoms with Crippen LogP contribution in [0.3, 0.4) is 0 Å². The van der Waals surface area contributed by atoms with E-state index in [4.69, 9.17) is 22.1 Å². The van der Waals surface area contributed by atoms with Gasteiger partial charge < -0.3 is 15.7 Å². The third-order valence-electron chi connectivity index (χ3n) is 2.03. The molecule has 0 aromatic carbocycles. The number of nitrogens with one attached hydrogen (secondary N) is 1. The van der Waals surface area contributed by atoms with Gasteiger partial charge in [0, 0.05) is 13.0 Å². The minimum atomic E-state index is -0.946. The summed E-state index contributed by atoms with van der Waals surface area (Å²) in [5.41, 5.74) is 8.13. The molecule has 1 atom stereocenters. The van der Waals surface area contributed by atoms with Crippen molar-refractivity contribution in [2.45, 2.75) is 38.1 Å². The zero-order valence-electron chi connectivity index (χ0n) is 9.45. The lowest BCUT2D eigenvalue weighted by Crippen LogP contribution is -2.30. The summed E-state index contributed by atoms with van der Waals surface area (Å²) in [6.07, 6.45) is 8.74. The highest BCUT2D eigenvalue weighted by Gasteiger charge is 2.09. The number of hydroxylamine groups is 1. The number of hydrogen-bond acceptors (Lipinski definition) is 4. The zero-order valence-corrected chi connectivity index (χ0v) is 9.45. The van der Waals surface area contributed by atoms with E-state index < -0.39 is 12.0 Å². The van der Waals surface area contributed by atoms with Gasteiger partial charge in [0.05, 0.1) is 6.61 Å². The van der Waals surface area contributed by atoms with Crippen LogP contribution in [0.2, 0.25) is 0 Å². The lowest BCUT2D eigenvalue weighted by Gasteiger charge is -2.07. The maximum absolute atomic E-state index is 10.4. The molecule has 0 aliphatic rings. The molecule has 4 N–H and O–H groups in total. The van der Waals surface area contributed by atoms with E-state index in [0.29, 0.717) is 19.6 Å². The van der Waals surface area contributed by atoms with Gasteiger partial charge in [-0.05, 0) is 25.7 Å². The largest absolute Gasteiger partial charge is 0.480 e. The molecule has 16 heavy (non-hydrogen) atoms. The summed E-state index contributed by atoms with van der Waals surface area (Å²) in [4.78, 5) is 15.5. The normalized spacial score (nSPS) is 12.0. The van der Waals surface area contributed by atoms with Crippen LogP contribution in [0.4, 0.5) is 0 Å². The Balaban J connectivity index is 3.10. The van der Waals surface area contributed by atoms with Crippen molar-refractivity contribution in [1.82, 2.24) is 5.48 Å². The molecular formula is C11H20N2O3. The summed E-state index contributed by atoms with van der Waals surface area (Å²) >= 11 is 0. The monoisotopic (exact) mass is 228 g/mol. The summed E-state index contributed by atoms with van der Waals surface area (Å²) in [7, 11) is 0. The van der Waals surface area contributed by atoms with Crippen LogP contribution in [0.25, 0.3) is 0 Å². The van der Waals surface area contributed by atoms with Gasteiger partial charge in [0.15, 0.2) is 0 Å². The SMILES string of the molecule is C#CCCCONCCCC[C@H](N)C(=O)O. The topological polar surface area (TPSA) is 84.6 Å². The van der Waals surface area contributed by atoms with Crippen molar-refractivity contribution in [3.05, 3.63) is 0 Å². The Morgan fingerprint density at radius 2 is 2.25 bits per heavy atom. The van der Waals surface area contributed by atoms with Crippen molar-refractivity contribution in [1.29, 1.82) is 0 Å². The third-order valence-corrected chi connectivity index (χ3v) is 2.03. The molecule has 0 aliphatic carbocycles. The van der Waals surface area contributed by atoms with Gasteiger partial charge in [-0.15, -0.1) is 12.3 Å². The van der Waals surface area contributed by atoms with Gasteiger partial charge in [0.25, 0.3) is 0 Å². The maximum Gasteiger partial charge on any atom is 0.320 e. The van der Waals surface area contributed by atoms with Crippen molar-refractivity contribution in [2.75, 3.05) is 13.2 Å². The molecule has 0 bridgehead atoms. The predicted molar refractivity (Wildman–Crippen MR) is 61.5 cm³/mol. The molecular weight excluding hydrogens is 208 g/mol. The number of aliphatic carboxylic acids is 1. The van der Waals surface area contributed by atoms with Crippen LogP contribution in [-0.4, -0.2) is 30.3 Å². The van der Waals surface area contributed by atoms with Crippen LogP contribution in [0.1, 0.15) is 32.1 Å². The number of carboxylic acid groups (broad SMARTS) is 1. The van der Waals surface area contributed by atoms with Crippen molar-refractivity contribution >= 4 is 5.97 Å². The van der Waals surface area contributed by atoms with E-state index in [1.165, 1.54) is 0 Å². The Bertz CT molecular complexity index is 226. The highest BCUT2D eigenvalue weighted by molar-refractivity contribution is 5.72. The standard InChI is InChI=1S/C11H20N2O3/c1-2-3-6-9-16-13-8-5-4-7-10(12)11(14)15/h1,10,13H,3-9,12H2,(H,14,15)/t10-/m0/s1. The third kappa shape index (κ3) is 9.46. The fourth-order valence-corrected chi connectivity index (χ4v) is 1.08. The molecule has 0 saturated heterocycles. The van der Waals surface area contributed by atoms with E-state index >= 15 is 0 Å². The van der Waals surface area contributed by atoms with Gasteiger partial charge >= 0.3 is 5.97 Å². The molecule has 0 aromatic rings. The number of rotatable bonds is 10. The van der Waals surface area contributed by atoms with Crippen LogP contribution in [0.5, 0.6) is 0 Å². The first-order valence-electron chi connectivity index (χ1n) is 5.45. The average molecular weight is 228 g/mol. The molecule has 0 aromatic heterocycles. The quantitative estimate of drug-likeness (QED) is 0.288. The Morgan fingerprint density at radius 3 is 2.88 bits per heavy atom. The number of nitrogens with two attached hydrogens (primary N) is 1. The second-order valence-corrected chi connectivity index (χ2v) is 3.49. The fourth-order valence-electron chi connectivity index (χ4n) is 1.08. The Morgan fingerprint density at radius 1 is 1.50 bits per heavy atom. The minimum absolute atomic E-state index is 0.494. The molecule has 0 rings (SSSR count). The van der Waals surface area contributed by atoms with Gasteiger partial charge in [-0.2, -0.15) is 0 Å². The number of carbonyl (C=O) groups is 1. The van der Waals surface area contributed by atoms with Gasteiger partial charge in [0.1, 0.15) is 6.04 Å². The summed E-state index contributed by atoms with van der Waals surface area (Å²) in [6, 6.07) is -0.753. The number of carboxylic acids is 1. The predicted octanol–water partition coefficient (Wildman–Crippen LogP) is 0.503. The van der Waals surface area contributed by atoms with Crippen LogP contribution in [0.15, 0.2) is 0 Å². The van der Waals surface area contributed by atoms with Crippen LogP contribution in [-0.2, 0) is 9.63 Å². The van der Waals surface area contributed by atoms with Gasteiger partial charge in [-0.25, -0.2) is 5.48 Å². The van der Waals surface area contributed by atoms with E-state index in [1.54, 1.807) is 0 Å². The first-order chi connectivity index (χ1) is 7.68. The number of terminal acetylenes is 1. The lowest BCUT2D eigenvalue weighted by atomic mass is 10.1. The molecule has 92 valence electrons. The summed E-state index contributed by atoms with van der Waals surface area (Å²) in [5, 5.41) is 8.52. The van der Waals surface area contributed by atoms with Crippen LogP contribution >= 0.6 is 0 Å². The molecule has 0 fully saturated rings. The van der Waals surface area contributed by atoms with Crippen molar-refractivity contribution in [3.63, 3.8) is 0 Å². The molecule has 0 aliphatic heterocycles. The van der Waals surface area contributed by atoms with E-state index in [0.717, 1.165) is 25.7 Å². The number of hydrogen-bond donors (Lipinski definition) is 3. The first-order valence-corrected chi connectivity index (χ1v) is 5.45. The molecule has 0 amide bonds. The molecule has 0 radical (unpaired) electrons. The molecule has 0 heterocycles. The van der Waals surface area contributed by atoms with Crippen molar-refractivity contribution < 1.29 is 14.7 Å². The maximum atomic E-state index is 10.4. The van der Waals surface area contributed by atoms with Crippen LogP contribution < -0.4 is 11.2 Å². The molecule has 0 spiro atoms. The Kier molecular flexibility index (Phi) is 9.72. The van der Waals surface area contributed by atoms with E-state index in [9.17, 15) is 4.79 Å². The smallest absolute Gasteiger partial charge is 0.320 e. The fraction of sp³-hybridized carbons (Fsp3) is 0.727. The second-order valence-electron chi connectivity index (χ2n) is 3.49. The van der Waals surface area contributed by atoms with Crippen LogP contribution in [0, 0.1) is 12.3 Å². The van der Waals surface area contributed by atoms with Crippen molar-refractivity contribution in [3.8, 4) is 12.3 Å². The summed E-state index contributed by atoms with van der Waals surface area (Å²) < 4.78 is 0. The average Bonchev–Trinajstić information content (AvgIpc) is 2.26. The van der Waals surface area contributed by atoms with E-state index in [1.807, 2.05) is 0 Å². The molecule has 5 heteroatoms. The summed E-state index contributed by atoms with van der Waals surface area (Å²) in [6.45, 7) is 1.29. The van der Waals surface area contributed by atoms with E-state index in [2.05, 4.69) is 11.4 Å². The second kappa shape index (κ2) is 10.4. The zero-order chi connectivity index (χ0) is 12.2. The van der Waals surface area contributed by atoms with E-state index in [-0.39, 0.29) is 0 Å². The Hall–Kier alpha value is -1.09. The summed E-state index contributed by atoms with van der Waals surface area (Å²) in [5.74, 6) is 1.58. The molecule has 0 unspecified atom stereocenters. The van der Waals surface area contributed by atoms with Gasteiger partial charge in [0.2, 0.25) is 0 Å².